The smallest absolute Gasteiger partial charge is 0.234 e. The van der Waals surface area contributed by atoms with Gasteiger partial charge < -0.3 is 19.4 Å². The quantitative estimate of drug-likeness (QED) is 0.483. The summed E-state index contributed by atoms with van der Waals surface area (Å²) in [5.41, 5.74) is 1.62. The van der Waals surface area contributed by atoms with Crippen LogP contribution in [0.15, 0.2) is 52.1 Å². The Hall–Kier alpha value is -2.52. The van der Waals surface area contributed by atoms with Crippen molar-refractivity contribution in [3.63, 3.8) is 0 Å². The first-order chi connectivity index (χ1) is 14.0. The zero-order valence-corrected chi connectivity index (χ0v) is 18.7. The number of benzene rings is 2. The van der Waals surface area contributed by atoms with Crippen LogP contribution in [0.1, 0.15) is 6.92 Å². The molecule has 3 aromatic rings. The van der Waals surface area contributed by atoms with E-state index in [-0.39, 0.29) is 11.7 Å². The number of carbonyl (C=O) groups is 1. The number of hydrogen-bond acceptors (Lipinski definition) is 6. The van der Waals surface area contributed by atoms with E-state index in [0.717, 1.165) is 15.7 Å². The molecule has 0 aliphatic heterocycles. The first-order valence-corrected chi connectivity index (χ1v) is 10.7. The molecule has 2 aromatic carbocycles. The van der Waals surface area contributed by atoms with E-state index in [0.29, 0.717) is 29.0 Å². The van der Waals surface area contributed by atoms with Crippen LogP contribution in [0.25, 0.3) is 11.4 Å². The van der Waals surface area contributed by atoms with Gasteiger partial charge in [-0.2, -0.15) is 0 Å². The van der Waals surface area contributed by atoms with E-state index in [9.17, 15) is 4.79 Å². The topological polar surface area (TPSA) is 78.3 Å². The normalized spacial score (nSPS) is 10.6. The van der Waals surface area contributed by atoms with Crippen LogP contribution in [0.5, 0.6) is 11.5 Å². The highest BCUT2D eigenvalue weighted by Crippen LogP contribution is 2.32. The zero-order valence-electron chi connectivity index (χ0n) is 16.3. The number of thioether (sulfide) groups is 1. The number of halogens is 1. The molecule has 0 fully saturated rings. The summed E-state index contributed by atoms with van der Waals surface area (Å²) in [5.74, 6) is 2.12. The van der Waals surface area contributed by atoms with E-state index in [2.05, 4.69) is 31.4 Å². The van der Waals surface area contributed by atoms with Crippen LogP contribution < -0.4 is 14.8 Å². The number of hydrogen-bond donors (Lipinski definition) is 1. The van der Waals surface area contributed by atoms with Crippen LogP contribution in [-0.4, -0.2) is 40.6 Å². The highest BCUT2D eigenvalue weighted by atomic mass is 79.9. The molecule has 0 unspecified atom stereocenters. The van der Waals surface area contributed by atoms with Crippen molar-refractivity contribution in [2.24, 2.45) is 0 Å². The Bertz CT molecular complexity index is 992. The SMILES string of the molecule is CCn1c(SCC(=O)Nc2ccc(Br)cc2)nnc1-c1ccc(OC)c(OC)c1. The predicted molar refractivity (Wildman–Crippen MR) is 118 cm³/mol. The first kappa shape index (κ1) is 21.2. The zero-order chi connectivity index (χ0) is 20.8. The van der Waals surface area contributed by atoms with Gasteiger partial charge in [0.25, 0.3) is 0 Å². The van der Waals surface area contributed by atoms with Gasteiger partial charge in [-0.05, 0) is 49.4 Å². The summed E-state index contributed by atoms with van der Waals surface area (Å²) in [5, 5.41) is 12.1. The largest absolute Gasteiger partial charge is 0.493 e. The number of nitrogens with one attached hydrogen (secondary N) is 1. The number of anilines is 1. The van der Waals surface area contributed by atoms with Gasteiger partial charge in [0, 0.05) is 22.3 Å². The Kier molecular flexibility index (Phi) is 7.16. The molecule has 0 bridgehead atoms. The Morgan fingerprint density at radius 1 is 1.10 bits per heavy atom. The molecular weight excluding hydrogens is 456 g/mol. The third-order valence-corrected chi connectivity index (χ3v) is 5.63. The molecule has 3 rings (SSSR count). The molecule has 0 aliphatic rings. The Balaban J connectivity index is 1.72. The van der Waals surface area contributed by atoms with Crippen molar-refractivity contribution < 1.29 is 14.3 Å². The van der Waals surface area contributed by atoms with Crippen molar-refractivity contribution in [1.82, 2.24) is 14.8 Å². The Labute approximate surface area is 181 Å². The van der Waals surface area contributed by atoms with Crippen LogP contribution in [0, 0.1) is 0 Å². The standard InChI is InChI=1S/C20H21BrN4O3S/c1-4-25-19(13-5-10-16(27-2)17(11-13)28-3)23-24-20(25)29-12-18(26)22-15-8-6-14(21)7-9-15/h5-11H,4,12H2,1-3H3,(H,22,26). The maximum atomic E-state index is 12.3. The number of rotatable bonds is 8. The molecule has 0 saturated carbocycles. The lowest BCUT2D eigenvalue weighted by Gasteiger charge is -2.11. The van der Waals surface area contributed by atoms with E-state index in [4.69, 9.17) is 9.47 Å². The number of carbonyl (C=O) groups excluding carboxylic acids is 1. The summed E-state index contributed by atoms with van der Waals surface area (Å²) in [6.07, 6.45) is 0. The molecule has 9 heteroatoms. The molecule has 1 N–H and O–H groups in total. The highest BCUT2D eigenvalue weighted by molar-refractivity contribution is 9.10. The van der Waals surface area contributed by atoms with Crippen LogP contribution in [0.2, 0.25) is 0 Å². The van der Waals surface area contributed by atoms with Gasteiger partial charge in [0.05, 0.1) is 20.0 Å². The average molecular weight is 477 g/mol. The molecule has 0 atom stereocenters. The van der Waals surface area contributed by atoms with Crippen molar-refractivity contribution in [2.75, 3.05) is 25.3 Å². The maximum absolute atomic E-state index is 12.3. The highest BCUT2D eigenvalue weighted by Gasteiger charge is 2.16. The van der Waals surface area contributed by atoms with Gasteiger partial charge in [-0.15, -0.1) is 10.2 Å². The van der Waals surface area contributed by atoms with Crippen LogP contribution in [0.3, 0.4) is 0 Å². The third kappa shape index (κ3) is 5.10. The molecule has 152 valence electrons. The van der Waals surface area contributed by atoms with Gasteiger partial charge in [-0.3, -0.25) is 4.79 Å². The van der Waals surface area contributed by atoms with E-state index < -0.39 is 0 Å². The van der Waals surface area contributed by atoms with Crippen LogP contribution in [0.4, 0.5) is 5.69 Å². The molecular formula is C20H21BrN4O3S. The average Bonchev–Trinajstić information content (AvgIpc) is 3.16. The van der Waals surface area contributed by atoms with E-state index in [1.54, 1.807) is 14.2 Å². The van der Waals surface area contributed by atoms with E-state index >= 15 is 0 Å². The van der Waals surface area contributed by atoms with Crippen LogP contribution >= 0.6 is 27.7 Å². The number of ether oxygens (including phenoxy) is 2. The van der Waals surface area contributed by atoms with Crippen molar-refractivity contribution in [2.45, 2.75) is 18.6 Å². The van der Waals surface area contributed by atoms with Crippen LogP contribution in [-0.2, 0) is 11.3 Å². The molecule has 1 heterocycles. The van der Waals surface area contributed by atoms with E-state index in [1.807, 2.05) is 54.0 Å². The monoisotopic (exact) mass is 476 g/mol. The molecule has 7 nitrogen and oxygen atoms in total. The summed E-state index contributed by atoms with van der Waals surface area (Å²) in [6, 6.07) is 13.1. The lowest BCUT2D eigenvalue weighted by molar-refractivity contribution is -0.113. The minimum Gasteiger partial charge on any atom is -0.493 e. The summed E-state index contributed by atoms with van der Waals surface area (Å²) in [7, 11) is 3.19. The molecule has 0 spiro atoms. The predicted octanol–water partition coefficient (Wildman–Crippen LogP) is 4.48. The second kappa shape index (κ2) is 9.80. The molecule has 0 saturated heterocycles. The summed E-state index contributed by atoms with van der Waals surface area (Å²) in [6.45, 7) is 2.69. The fourth-order valence-electron chi connectivity index (χ4n) is 2.73. The van der Waals surface area contributed by atoms with Crippen molar-refractivity contribution in [1.29, 1.82) is 0 Å². The maximum Gasteiger partial charge on any atom is 0.234 e. The third-order valence-electron chi connectivity index (χ3n) is 4.14. The van der Waals surface area contributed by atoms with Crippen molar-refractivity contribution in [3.05, 3.63) is 46.9 Å². The van der Waals surface area contributed by atoms with Gasteiger partial charge in [-0.1, -0.05) is 27.7 Å². The molecule has 0 radical (unpaired) electrons. The van der Waals surface area contributed by atoms with Gasteiger partial charge in [0.1, 0.15) is 0 Å². The molecule has 0 aliphatic carbocycles. The minimum atomic E-state index is -0.101. The Morgan fingerprint density at radius 3 is 2.48 bits per heavy atom. The number of aromatic nitrogens is 3. The summed E-state index contributed by atoms with van der Waals surface area (Å²) >= 11 is 4.73. The van der Waals surface area contributed by atoms with Crippen molar-refractivity contribution >= 4 is 39.3 Å². The van der Waals surface area contributed by atoms with E-state index in [1.165, 1.54) is 11.8 Å². The fraction of sp³-hybridized carbons (Fsp3) is 0.250. The molecule has 29 heavy (non-hydrogen) atoms. The molecule has 1 aromatic heterocycles. The fourth-order valence-corrected chi connectivity index (χ4v) is 3.80. The summed E-state index contributed by atoms with van der Waals surface area (Å²) < 4.78 is 13.6. The Morgan fingerprint density at radius 2 is 1.83 bits per heavy atom. The number of nitrogens with zero attached hydrogens (tertiary/aromatic N) is 3. The minimum absolute atomic E-state index is 0.101. The van der Waals surface area contributed by atoms with Gasteiger partial charge in [0.2, 0.25) is 5.91 Å². The summed E-state index contributed by atoms with van der Waals surface area (Å²) in [4.78, 5) is 12.3. The number of methoxy groups -OCH3 is 2. The second-order valence-electron chi connectivity index (χ2n) is 5.96. The van der Waals surface area contributed by atoms with Gasteiger partial charge >= 0.3 is 0 Å². The molecule has 1 amide bonds. The lowest BCUT2D eigenvalue weighted by Crippen LogP contribution is -2.14. The van der Waals surface area contributed by atoms with Gasteiger partial charge in [0.15, 0.2) is 22.5 Å². The lowest BCUT2D eigenvalue weighted by atomic mass is 10.2. The number of amides is 1. The van der Waals surface area contributed by atoms with Gasteiger partial charge in [-0.25, -0.2) is 0 Å². The second-order valence-corrected chi connectivity index (χ2v) is 7.82. The van der Waals surface area contributed by atoms with Crippen molar-refractivity contribution in [3.8, 4) is 22.9 Å². The first-order valence-electron chi connectivity index (χ1n) is 8.89.